The number of carbonyl (C=O) groups excluding carboxylic acids is 2. The zero-order valence-electron chi connectivity index (χ0n) is 25.1. The van der Waals surface area contributed by atoms with E-state index in [0.717, 1.165) is 83.3 Å². The van der Waals surface area contributed by atoms with Crippen LogP contribution in [0.25, 0.3) is 43.6 Å². The maximum absolute atomic E-state index is 13.7. The molecule has 0 aliphatic carbocycles. The number of benzene rings is 3. The molecule has 0 radical (unpaired) electrons. The van der Waals surface area contributed by atoms with Gasteiger partial charge in [-0.2, -0.15) is 23.5 Å². The quantitative estimate of drug-likeness (QED) is 0.108. The predicted octanol–water partition coefficient (Wildman–Crippen LogP) is 6.49. The number of fused-ring (bicyclic) bond motifs is 13. The second-order valence-electron chi connectivity index (χ2n) is 12.1. The number of amides is 1. The van der Waals surface area contributed by atoms with Crippen molar-refractivity contribution in [3.63, 3.8) is 0 Å². The summed E-state index contributed by atoms with van der Waals surface area (Å²) in [6.07, 6.45) is 3.10. The Morgan fingerprint density at radius 1 is 1.07 bits per heavy atom. The fraction of sp³-hybridized carbons (Fsp3) is 0.314. The summed E-state index contributed by atoms with van der Waals surface area (Å²) in [5.41, 5.74) is 3.86. The second-order valence-corrected chi connectivity index (χ2v) is 14.2. The topological polar surface area (TPSA) is 94.7 Å². The van der Waals surface area contributed by atoms with Gasteiger partial charge >= 0.3 is 5.97 Å². The lowest BCUT2D eigenvalue weighted by atomic mass is 9.88. The molecule has 3 aromatic carbocycles. The van der Waals surface area contributed by atoms with E-state index in [1.165, 1.54) is 7.11 Å². The Morgan fingerprint density at radius 3 is 2.36 bits per heavy atom. The van der Waals surface area contributed by atoms with Crippen molar-refractivity contribution < 1.29 is 24.2 Å². The van der Waals surface area contributed by atoms with Crippen LogP contribution in [0.15, 0.2) is 61.7 Å². The van der Waals surface area contributed by atoms with Gasteiger partial charge in [0.25, 0.3) is 5.91 Å². The monoisotopic (exact) mass is 639 g/mol. The lowest BCUT2D eigenvalue weighted by Gasteiger charge is -2.37. The van der Waals surface area contributed by atoms with Gasteiger partial charge in [-0.15, -0.1) is 13.2 Å². The molecule has 5 aromatic rings. The maximum Gasteiger partial charge on any atom is 0.343 e. The van der Waals surface area contributed by atoms with Crippen LogP contribution in [-0.4, -0.2) is 50.3 Å². The van der Waals surface area contributed by atoms with Crippen molar-refractivity contribution in [2.45, 2.75) is 48.9 Å². The summed E-state index contributed by atoms with van der Waals surface area (Å²) in [5.74, 6) is 2.44. The van der Waals surface area contributed by atoms with Crippen LogP contribution in [0, 0.1) is 0 Å². The van der Waals surface area contributed by atoms with Gasteiger partial charge in [-0.1, -0.05) is 24.3 Å². The van der Waals surface area contributed by atoms with Crippen molar-refractivity contribution in [3.05, 3.63) is 84.0 Å². The first-order valence-corrected chi connectivity index (χ1v) is 17.3. The number of esters is 1. The van der Waals surface area contributed by atoms with Gasteiger partial charge in [0.05, 0.1) is 34.7 Å². The minimum absolute atomic E-state index is 0.00778. The molecule has 2 N–H and O–H groups in total. The number of nitrogens with zero attached hydrogens (tertiary/aromatic N) is 2. The molecular weight excluding hydrogens is 607 g/mol. The average molecular weight is 640 g/mol. The molecule has 3 aliphatic heterocycles. The van der Waals surface area contributed by atoms with Crippen molar-refractivity contribution in [3.8, 4) is 0 Å². The molecule has 2 bridgehead atoms. The number of aromatic nitrogens is 2. The summed E-state index contributed by atoms with van der Waals surface area (Å²) in [4.78, 5) is 27.2. The van der Waals surface area contributed by atoms with E-state index in [1.807, 2.05) is 16.7 Å². The van der Waals surface area contributed by atoms with Crippen LogP contribution in [0.2, 0.25) is 0 Å². The Bertz CT molecular complexity index is 2150. The minimum Gasteiger partial charge on any atom is -0.467 e. The van der Waals surface area contributed by atoms with Gasteiger partial charge in [-0.25, -0.2) is 4.79 Å². The third-order valence-corrected chi connectivity index (χ3v) is 11.7. The first-order chi connectivity index (χ1) is 21.8. The standard InChI is InChI=1S/C35H33N3O5S2/c1-5-11-44-17-19-7-9-24-21(13-19)28-29-23(16-36-32(29)39)27-22-14-20(18-45-12-6-2)8-10-25(22)38-31(27)30(28)37(24)26-15-35(41,33(40)42-4)34(38,3)43-26/h5-10,13-14,26,41H,1-2,11-12,15-18H2,3-4H3,(H,36,39)/t26?,34-,35-/m0/s1. The highest BCUT2D eigenvalue weighted by Gasteiger charge is 2.65. The summed E-state index contributed by atoms with van der Waals surface area (Å²) in [6.45, 7) is 9.86. The van der Waals surface area contributed by atoms with Crippen LogP contribution in [0.1, 0.15) is 46.6 Å². The molecule has 8 nitrogen and oxygen atoms in total. The molecule has 1 fully saturated rings. The third-order valence-electron chi connectivity index (χ3n) is 9.68. The summed E-state index contributed by atoms with van der Waals surface area (Å²) in [7, 11) is 1.30. The van der Waals surface area contributed by atoms with Gasteiger partial charge in [0, 0.05) is 57.5 Å². The number of aliphatic hydroxyl groups is 1. The molecule has 8 rings (SSSR count). The van der Waals surface area contributed by atoms with Gasteiger partial charge in [-0.05, 0) is 47.9 Å². The second kappa shape index (κ2) is 10.2. The smallest absolute Gasteiger partial charge is 0.343 e. The highest BCUT2D eigenvalue weighted by atomic mass is 32.2. The van der Waals surface area contributed by atoms with Gasteiger partial charge in [0.1, 0.15) is 6.23 Å². The van der Waals surface area contributed by atoms with E-state index in [1.54, 1.807) is 30.4 Å². The van der Waals surface area contributed by atoms with Gasteiger partial charge in [0.2, 0.25) is 5.60 Å². The van der Waals surface area contributed by atoms with Crippen molar-refractivity contribution in [1.29, 1.82) is 0 Å². The molecule has 230 valence electrons. The van der Waals surface area contributed by atoms with E-state index < -0.39 is 23.5 Å². The number of hydrogen-bond acceptors (Lipinski definition) is 7. The number of hydrogen-bond donors (Lipinski definition) is 2. The van der Waals surface area contributed by atoms with Crippen LogP contribution in [-0.2, 0) is 38.0 Å². The lowest BCUT2D eigenvalue weighted by Crippen LogP contribution is -2.56. The minimum atomic E-state index is -1.97. The molecule has 1 amide bonds. The first kappa shape index (κ1) is 28.8. The Kier molecular flexibility index (Phi) is 6.49. The van der Waals surface area contributed by atoms with E-state index in [9.17, 15) is 14.7 Å². The summed E-state index contributed by atoms with van der Waals surface area (Å²) >= 11 is 3.55. The van der Waals surface area contributed by atoms with Crippen LogP contribution >= 0.6 is 23.5 Å². The van der Waals surface area contributed by atoms with Crippen molar-refractivity contribution in [1.82, 2.24) is 14.5 Å². The number of methoxy groups -OCH3 is 1. The zero-order chi connectivity index (χ0) is 31.2. The number of ether oxygens (including phenoxy) is 2. The molecule has 3 atom stereocenters. The Hall–Kier alpha value is -3.70. The summed E-state index contributed by atoms with van der Waals surface area (Å²) < 4.78 is 16.2. The van der Waals surface area contributed by atoms with E-state index in [-0.39, 0.29) is 12.3 Å². The van der Waals surface area contributed by atoms with E-state index >= 15 is 0 Å². The average Bonchev–Trinajstić information content (AvgIpc) is 3.73. The van der Waals surface area contributed by atoms with E-state index in [0.29, 0.717) is 12.1 Å². The van der Waals surface area contributed by atoms with Gasteiger partial charge in [0.15, 0.2) is 5.72 Å². The van der Waals surface area contributed by atoms with Crippen molar-refractivity contribution in [2.75, 3.05) is 18.6 Å². The van der Waals surface area contributed by atoms with Crippen molar-refractivity contribution in [2.24, 2.45) is 0 Å². The molecule has 45 heavy (non-hydrogen) atoms. The van der Waals surface area contributed by atoms with Crippen molar-refractivity contribution >= 4 is 79.0 Å². The fourth-order valence-corrected chi connectivity index (χ4v) is 9.19. The van der Waals surface area contributed by atoms with E-state index in [2.05, 4.69) is 59.4 Å². The molecule has 1 unspecified atom stereocenters. The highest BCUT2D eigenvalue weighted by molar-refractivity contribution is 7.98. The van der Waals surface area contributed by atoms with Crippen LogP contribution < -0.4 is 5.32 Å². The Balaban J connectivity index is 1.55. The van der Waals surface area contributed by atoms with Gasteiger partial charge < -0.3 is 29.0 Å². The SMILES string of the molecule is C=CCSCc1ccc2c(c1)c1c3c(c4c5cc(CSCC=C)ccc5n5c4c1n2C1C[C@](O)(C(=O)OC)[C@]5(C)O1)CNC3=O. The number of nitrogens with one attached hydrogen (secondary N) is 1. The molecule has 0 saturated carbocycles. The Labute approximate surface area is 268 Å². The number of rotatable bonds is 9. The highest BCUT2D eigenvalue weighted by Crippen LogP contribution is 2.58. The molecule has 2 aromatic heterocycles. The Morgan fingerprint density at radius 2 is 1.71 bits per heavy atom. The van der Waals surface area contributed by atoms with E-state index in [4.69, 9.17) is 9.47 Å². The molecular formula is C35H33N3O5S2. The van der Waals surface area contributed by atoms with Crippen LogP contribution in [0.3, 0.4) is 0 Å². The van der Waals surface area contributed by atoms with Crippen LogP contribution in [0.5, 0.6) is 0 Å². The molecule has 10 heteroatoms. The first-order valence-electron chi connectivity index (χ1n) is 15.0. The third kappa shape index (κ3) is 3.71. The molecule has 5 heterocycles. The number of thioether (sulfide) groups is 2. The fourth-order valence-electron chi connectivity index (χ4n) is 7.79. The zero-order valence-corrected chi connectivity index (χ0v) is 26.8. The molecule has 0 spiro atoms. The lowest BCUT2D eigenvalue weighted by molar-refractivity contribution is -0.202. The molecule has 3 aliphatic rings. The largest absolute Gasteiger partial charge is 0.467 e. The maximum atomic E-state index is 13.7. The normalized spacial score (nSPS) is 23.3. The number of carbonyl (C=O) groups is 2. The summed E-state index contributed by atoms with van der Waals surface area (Å²) in [6, 6.07) is 12.7. The predicted molar refractivity (Wildman–Crippen MR) is 182 cm³/mol. The molecule has 1 saturated heterocycles. The van der Waals surface area contributed by atoms with Crippen LogP contribution in [0.4, 0.5) is 0 Å². The summed E-state index contributed by atoms with van der Waals surface area (Å²) in [5, 5.41) is 19.2. The van der Waals surface area contributed by atoms with Gasteiger partial charge in [-0.3, -0.25) is 4.79 Å².